The van der Waals surface area contributed by atoms with Gasteiger partial charge in [-0.25, -0.2) is 0 Å². The van der Waals surface area contributed by atoms with Crippen LogP contribution >= 0.6 is 11.6 Å². The van der Waals surface area contributed by atoms with Gasteiger partial charge < -0.3 is 9.84 Å². The lowest BCUT2D eigenvalue weighted by molar-refractivity contribution is 0.145. The number of aliphatic hydroxyl groups excluding tert-OH is 1. The summed E-state index contributed by atoms with van der Waals surface area (Å²) in [6.45, 7) is 3.69. The van der Waals surface area contributed by atoms with E-state index >= 15 is 0 Å². The topological polar surface area (TPSA) is 53.2 Å². The molecule has 0 saturated carbocycles. The van der Waals surface area contributed by atoms with Crippen LogP contribution in [-0.4, -0.2) is 17.3 Å². The van der Waals surface area contributed by atoms with Crippen molar-refractivity contribution < 1.29 is 9.84 Å². The summed E-state index contributed by atoms with van der Waals surface area (Å²) < 4.78 is 5.64. The highest BCUT2D eigenvalue weighted by atomic mass is 35.5. The number of hydrogen-bond acceptors (Lipinski definition) is 3. The largest absolute Gasteiger partial charge is 0.491 e. The predicted octanol–water partition coefficient (Wildman–Crippen LogP) is 3.14. The van der Waals surface area contributed by atoms with Crippen LogP contribution in [0.5, 0.6) is 5.75 Å². The van der Waals surface area contributed by atoms with Crippen LogP contribution in [0.2, 0.25) is 5.02 Å². The first-order valence-electron chi connectivity index (χ1n) is 5.57. The van der Waals surface area contributed by atoms with E-state index in [-0.39, 0.29) is 12.2 Å². The van der Waals surface area contributed by atoms with E-state index in [1.165, 1.54) is 0 Å². The molecular formula is C13H16ClNO2. The van der Waals surface area contributed by atoms with Crippen LogP contribution in [0.25, 0.3) is 0 Å². The van der Waals surface area contributed by atoms with Gasteiger partial charge in [0.05, 0.1) is 22.8 Å². The lowest BCUT2D eigenvalue weighted by Crippen LogP contribution is -2.14. The maximum Gasteiger partial charge on any atom is 0.121 e. The minimum atomic E-state index is -0.314. The predicted molar refractivity (Wildman–Crippen MR) is 67.2 cm³/mol. The number of nitriles is 1. The van der Waals surface area contributed by atoms with Gasteiger partial charge in [0.2, 0.25) is 0 Å². The summed E-state index contributed by atoms with van der Waals surface area (Å²) in [5.74, 6) is 0.645. The summed E-state index contributed by atoms with van der Waals surface area (Å²) in [5, 5.41) is 18.3. The first kappa shape index (κ1) is 13.8. The minimum Gasteiger partial charge on any atom is -0.491 e. The van der Waals surface area contributed by atoms with Crippen molar-refractivity contribution in [3.8, 4) is 11.8 Å². The molecule has 0 spiro atoms. The van der Waals surface area contributed by atoms with Gasteiger partial charge in [0.25, 0.3) is 0 Å². The Morgan fingerprint density at radius 3 is 2.65 bits per heavy atom. The van der Waals surface area contributed by atoms with Gasteiger partial charge >= 0.3 is 0 Å². The highest BCUT2D eigenvalue weighted by Crippen LogP contribution is 2.23. The third kappa shape index (κ3) is 4.64. The molecule has 2 atom stereocenters. The standard InChI is InChI=1S/C13H16ClNO2/c1-9(16)3-4-10(2)17-12-6-5-11(8-15)13(14)7-12/h5-7,9-10,16H,3-4H2,1-2H3/t9-,10-/m0/s1. The van der Waals surface area contributed by atoms with E-state index in [9.17, 15) is 0 Å². The molecule has 0 aliphatic rings. The molecule has 0 radical (unpaired) electrons. The molecule has 0 aliphatic heterocycles. The van der Waals surface area contributed by atoms with Crippen molar-refractivity contribution in [3.63, 3.8) is 0 Å². The van der Waals surface area contributed by atoms with Crippen LogP contribution in [0.3, 0.4) is 0 Å². The van der Waals surface area contributed by atoms with Gasteiger partial charge in [-0.2, -0.15) is 5.26 Å². The molecule has 0 aliphatic carbocycles. The third-order valence-electron chi connectivity index (χ3n) is 2.39. The number of rotatable bonds is 5. The van der Waals surface area contributed by atoms with Gasteiger partial charge in [-0.1, -0.05) is 11.6 Å². The van der Waals surface area contributed by atoms with Gasteiger partial charge in [0, 0.05) is 6.07 Å². The molecular weight excluding hydrogens is 238 g/mol. The molecule has 0 fully saturated rings. The SMILES string of the molecule is C[C@H](O)CC[C@H](C)Oc1ccc(C#N)c(Cl)c1. The Morgan fingerprint density at radius 2 is 2.12 bits per heavy atom. The van der Waals surface area contributed by atoms with Crippen LogP contribution in [0.4, 0.5) is 0 Å². The monoisotopic (exact) mass is 253 g/mol. The zero-order valence-electron chi connectivity index (χ0n) is 9.98. The van der Waals surface area contributed by atoms with E-state index < -0.39 is 0 Å². The number of benzene rings is 1. The van der Waals surface area contributed by atoms with E-state index in [0.717, 1.165) is 6.42 Å². The molecule has 0 amide bonds. The Hall–Kier alpha value is -1.24. The highest BCUT2D eigenvalue weighted by Gasteiger charge is 2.08. The Balaban J connectivity index is 2.57. The van der Waals surface area contributed by atoms with E-state index in [4.69, 9.17) is 26.7 Å². The molecule has 0 saturated heterocycles. The fourth-order valence-corrected chi connectivity index (χ4v) is 1.64. The number of ether oxygens (including phenoxy) is 1. The van der Waals surface area contributed by atoms with Crippen molar-refractivity contribution in [1.82, 2.24) is 0 Å². The van der Waals surface area contributed by atoms with Crippen LogP contribution < -0.4 is 4.74 Å². The second kappa shape index (κ2) is 6.48. The summed E-state index contributed by atoms with van der Waals surface area (Å²) in [6, 6.07) is 7.00. The van der Waals surface area contributed by atoms with Crippen molar-refractivity contribution in [2.45, 2.75) is 38.9 Å². The van der Waals surface area contributed by atoms with E-state index in [2.05, 4.69) is 0 Å². The molecule has 0 unspecified atom stereocenters. The zero-order valence-corrected chi connectivity index (χ0v) is 10.7. The highest BCUT2D eigenvalue weighted by molar-refractivity contribution is 6.31. The second-order valence-electron chi connectivity index (χ2n) is 4.11. The summed E-state index contributed by atoms with van der Waals surface area (Å²) in [7, 11) is 0. The van der Waals surface area contributed by atoms with Gasteiger partial charge in [0.15, 0.2) is 0 Å². The fourth-order valence-electron chi connectivity index (χ4n) is 1.43. The number of hydrogen-bond donors (Lipinski definition) is 1. The molecule has 17 heavy (non-hydrogen) atoms. The van der Waals surface area contributed by atoms with Crippen molar-refractivity contribution in [1.29, 1.82) is 5.26 Å². The smallest absolute Gasteiger partial charge is 0.121 e. The Kier molecular flexibility index (Phi) is 5.27. The molecule has 92 valence electrons. The average molecular weight is 254 g/mol. The van der Waals surface area contributed by atoms with Gasteiger partial charge in [0.1, 0.15) is 11.8 Å². The molecule has 1 aromatic rings. The molecule has 4 heteroatoms. The van der Waals surface area contributed by atoms with Crippen molar-refractivity contribution in [2.24, 2.45) is 0 Å². The summed E-state index contributed by atoms with van der Waals surface area (Å²) in [4.78, 5) is 0. The van der Waals surface area contributed by atoms with Crippen molar-refractivity contribution in [2.75, 3.05) is 0 Å². The second-order valence-corrected chi connectivity index (χ2v) is 4.52. The van der Waals surface area contributed by atoms with E-state index in [0.29, 0.717) is 22.8 Å². The Bertz CT molecular complexity index is 412. The minimum absolute atomic E-state index is 0.00797. The molecule has 1 N–H and O–H groups in total. The third-order valence-corrected chi connectivity index (χ3v) is 2.70. The molecule has 0 bridgehead atoms. The quantitative estimate of drug-likeness (QED) is 0.877. The summed E-state index contributed by atoms with van der Waals surface area (Å²) >= 11 is 5.90. The van der Waals surface area contributed by atoms with Gasteiger partial charge in [-0.15, -0.1) is 0 Å². The van der Waals surface area contributed by atoms with Crippen molar-refractivity contribution >= 4 is 11.6 Å². The van der Waals surface area contributed by atoms with E-state index in [1.54, 1.807) is 25.1 Å². The molecule has 0 heterocycles. The van der Waals surface area contributed by atoms with Crippen LogP contribution in [0.1, 0.15) is 32.3 Å². The normalized spacial score (nSPS) is 13.8. The Morgan fingerprint density at radius 1 is 1.41 bits per heavy atom. The Labute approximate surface area is 107 Å². The average Bonchev–Trinajstić information content (AvgIpc) is 2.26. The van der Waals surface area contributed by atoms with Gasteiger partial charge in [-0.3, -0.25) is 0 Å². The molecule has 0 aromatic heterocycles. The number of halogens is 1. The maximum absolute atomic E-state index is 9.17. The first-order valence-corrected chi connectivity index (χ1v) is 5.95. The lowest BCUT2D eigenvalue weighted by atomic mass is 10.1. The number of nitrogens with zero attached hydrogens (tertiary/aromatic N) is 1. The van der Waals surface area contributed by atoms with Crippen molar-refractivity contribution in [3.05, 3.63) is 28.8 Å². The zero-order chi connectivity index (χ0) is 12.8. The molecule has 1 rings (SSSR count). The van der Waals surface area contributed by atoms with Crippen LogP contribution in [-0.2, 0) is 0 Å². The lowest BCUT2D eigenvalue weighted by Gasteiger charge is -2.15. The van der Waals surface area contributed by atoms with Gasteiger partial charge in [-0.05, 0) is 38.8 Å². The maximum atomic E-state index is 9.17. The van der Waals surface area contributed by atoms with Crippen LogP contribution in [0, 0.1) is 11.3 Å². The summed E-state index contributed by atoms with van der Waals surface area (Å²) in [6.07, 6.45) is 1.17. The van der Waals surface area contributed by atoms with E-state index in [1.807, 2.05) is 13.0 Å². The molecule has 3 nitrogen and oxygen atoms in total. The summed E-state index contributed by atoms with van der Waals surface area (Å²) in [5.41, 5.74) is 0.440. The fraction of sp³-hybridized carbons (Fsp3) is 0.462. The molecule has 1 aromatic carbocycles. The van der Waals surface area contributed by atoms with Crippen LogP contribution in [0.15, 0.2) is 18.2 Å². The number of aliphatic hydroxyl groups is 1. The first-order chi connectivity index (χ1) is 8.02.